The minimum absolute atomic E-state index is 0.00540. The highest BCUT2D eigenvalue weighted by Gasteiger charge is 2.35. The number of thioether (sulfide) groups is 1. The summed E-state index contributed by atoms with van der Waals surface area (Å²) in [5, 5.41) is 2.27. The van der Waals surface area contributed by atoms with Crippen molar-refractivity contribution in [3.8, 4) is 0 Å². The fraction of sp³-hybridized carbons (Fsp3) is 0.917. The van der Waals surface area contributed by atoms with E-state index in [-0.39, 0.29) is 7.92 Å². The Kier molecular flexibility index (Phi) is 4.28. The molecule has 0 atom stereocenters. The molecular weight excluding hydrogens is 221 g/mol. The monoisotopic (exact) mass is 245 g/mol. The molecule has 0 unspecified atom stereocenters. The maximum absolute atomic E-state index is 4.60. The molecule has 1 heterocycles. The van der Waals surface area contributed by atoms with Gasteiger partial charge in [0.05, 0.1) is 5.04 Å². The van der Waals surface area contributed by atoms with Gasteiger partial charge in [-0.25, -0.2) is 0 Å². The van der Waals surface area contributed by atoms with Crippen molar-refractivity contribution < 1.29 is 0 Å². The number of hydrogen-bond acceptors (Lipinski definition) is 2. The van der Waals surface area contributed by atoms with Crippen molar-refractivity contribution in [1.82, 2.24) is 0 Å². The third kappa shape index (κ3) is 4.07. The summed E-state index contributed by atoms with van der Waals surface area (Å²) in [6, 6.07) is 0. The molecule has 0 saturated carbocycles. The van der Waals surface area contributed by atoms with Crippen LogP contribution in [0.5, 0.6) is 0 Å². The van der Waals surface area contributed by atoms with Crippen LogP contribution < -0.4 is 0 Å². The molecule has 1 rings (SSSR count). The van der Waals surface area contributed by atoms with Crippen molar-refractivity contribution >= 4 is 24.7 Å². The predicted molar refractivity (Wildman–Crippen MR) is 76.1 cm³/mol. The number of nitrogens with zero attached hydrogens (tertiary/aromatic N) is 1. The van der Waals surface area contributed by atoms with Crippen LogP contribution in [-0.4, -0.2) is 33.8 Å². The van der Waals surface area contributed by atoms with Gasteiger partial charge in [0, 0.05) is 18.5 Å². The molecule has 0 radical (unpaired) electrons. The third-order valence-electron chi connectivity index (χ3n) is 2.56. The first-order chi connectivity index (χ1) is 6.71. The minimum Gasteiger partial charge on any atom is -0.282 e. The normalized spacial score (nSPS) is 18.5. The lowest BCUT2D eigenvalue weighted by atomic mass is 10.2. The Morgan fingerprint density at radius 2 is 1.67 bits per heavy atom. The van der Waals surface area contributed by atoms with Crippen molar-refractivity contribution in [2.45, 2.75) is 51.9 Å². The summed E-state index contributed by atoms with van der Waals surface area (Å²) < 4.78 is 0. The van der Waals surface area contributed by atoms with Gasteiger partial charge in [-0.1, -0.05) is 49.5 Å². The molecule has 0 aromatic rings. The average molecular weight is 245 g/mol. The number of hydrogen-bond donors (Lipinski definition) is 0. The highest BCUT2D eigenvalue weighted by molar-refractivity contribution is 8.14. The molecule has 1 aliphatic rings. The van der Waals surface area contributed by atoms with Crippen LogP contribution in [0.2, 0.25) is 0 Å². The lowest BCUT2D eigenvalue weighted by molar-refractivity contribution is 0.708. The quantitative estimate of drug-likeness (QED) is 0.664. The zero-order valence-electron chi connectivity index (χ0n) is 10.9. The number of aliphatic imine (C=N–C) groups is 1. The molecule has 0 aromatic heterocycles. The Morgan fingerprint density at radius 1 is 1.13 bits per heavy atom. The van der Waals surface area contributed by atoms with Crippen LogP contribution in [0.4, 0.5) is 0 Å². The van der Waals surface area contributed by atoms with E-state index in [0.29, 0.717) is 10.3 Å². The Hall–Kier alpha value is 0.450. The molecule has 0 saturated heterocycles. The fourth-order valence-electron chi connectivity index (χ4n) is 2.09. The van der Waals surface area contributed by atoms with E-state index in [1.165, 1.54) is 17.0 Å². The van der Waals surface area contributed by atoms with Gasteiger partial charge in [-0.2, -0.15) is 0 Å². The van der Waals surface area contributed by atoms with Crippen molar-refractivity contribution in [3.05, 3.63) is 0 Å². The van der Waals surface area contributed by atoms with Crippen LogP contribution in [0, 0.1) is 0 Å². The van der Waals surface area contributed by atoms with E-state index < -0.39 is 0 Å². The Bertz CT molecular complexity index is 233. The summed E-state index contributed by atoms with van der Waals surface area (Å²) >= 11 is 1.97. The Labute approximate surface area is 100 Å². The topological polar surface area (TPSA) is 12.4 Å². The zero-order chi connectivity index (χ0) is 11.7. The van der Waals surface area contributed by atoms with E-state index in [4.69, 9.17) is 0 Å². The molecule has 0 aromatic carbocycles. The zero-order valence-corrected chi connectivity index (χ0v) is 12.6. The van der Waals surface area contributed by atoms with Gasteiger partial charge in [0.15, 0.2) is 0 Å². The van der Waals surface area contributed by atoms with E-state index >= 15 is 0 Å². The third-order valence-corrected chi connectivity index (χ3v) is 7.62. The van der Waals surface area contributed by atoms with Crippen LogP contribution in [0.25, 0.3) is 0 Å². The first-order valence-corrected chi connectivity index (χ1v) is 8.16. The second-order valence-corrected chi connectivity index (χ2v) is 11.1. The molecule has 1 aliphatic heterocycles. The second kappa shape index (κ2) is 4.75. The minimum atomic E-state index is -0.00540. The smallest absolute Gasteiger partial charge is 0.0720 e. The van der Waals surface area contributed by atoms with E-state index in [1.807, 2.05) is 11.8 Å². The fourth-order valence-corrected chi connectivity index (χ4v) is 6.78. The highest BCUT2D eigenvalue weighted by atomic mass is 32.2. The van der Waals surface area contributed by atoms with Crippen molar-refractivity contribution in [1.29, 1.82) is 0 Å². The van der Waals surface area contributed by atoms with Gasteiger partial charge in [0.2, 0.25) is 0 Å². The molecule has 3 heteroatoms. The molecule has 88 valence electrons. The van der Waals surface area contributed by atoms with E-state index in [2.05, 4.69) is 46.5 Å². The molecule has 15 heavy (non-hydrogen) atoms. The molecule has 0 bridgehead atoms. The highest BCUT2D eigenvalue weighted by Crippen LogP contribution is 2.59. The molecule has 1 nitrogen and oxygen atoms in total. The molecule has 0 amide bonds. The van der Waals surface area contributed by atoms with Crippen molar-refractivity contribution in [2.75, 3.05) is 18.5 Å². The molecule has 0 N–H and O–H groups in total. The first kappa shape index (κ1) is 13.5. The molecular formula is C12H24NPS. The summed E-state index contributed by atoms with van der Waals surface area (Å²) in [7, 11) is -0.00540. The molecule has 0 fully saturated rings. The van der Waals surface area contributed by atoms with Gasteiger partial charge < -0.3 is 0 Å². The SMILES string of the molecule is CC(C)(C)P(CC1=NCCS1)C(C)(C)C. The standard InChI is InChI=1S/C12H24NPS/c1-11(2,3)14(12(4,5)6)9-10-13-7-8-15-10/h7-9H2,1-6H3. The van der Waals surface area contributed by atoms with Crippen molar-refractivity contribution in [2.24, 2.45) is 4.99 Å². The lowest BCUT2D eigenvalue weighted by Gasteiger charge is -2.41. The summed E-state index contributed by atoms with van der Waals surface area (Å²) in [4.78, 5) is 4.60. The van der Waals surface area contributed by atoms with Crippen LogP contribution in [0.1, 0.15) is 41.5 Å². The van der Waals surface area contributed by atoms with Gasteiger partial charge in [0.1, 0.15) is 0 Å². The van der Waals surface area contributed by atoms with Gasteiger partial charge in [-0.3, -0.25) is 4.99 Å². The predicted octanol–water partition coefficient (Wildman–Crippen LogP) is 4.21. The van der Waals surface area contributed by atoms with Crippen molar-refractivity contribution in [3.63, 3.8) is 0 Å². The summed E-state index contributed by atoms with van der Waals surface area (Å²) in [5.41, 5.74) is 0. The van der Waals surface area contributed by atoms with Gasteiger partial charge in [-0.05, 0) is 10.3 Å². The molecule has 0 spiro atoms. The maximum Gasteiger partial charge on any atom is 0.0720 e. The second-order valence-electron chi connectivity index (χ2n) is 6.05. The van der Waals surface area contributed by atoms with Crippen LogP contribution >= 0.6 is 19.7 Å². The van der Waals surface area contributed by atoms with Crippen LogP contribution in [-0.2, 0) is 0 Å². The Balaban J connectivity index is 2.74. The first-order valence-electron chi connectivity index (χ1n) is 5.65. The van der Waals surface area contributed by atoms with Crippen LogP contribution in [0.3, 0.4) is 0 Å². The largest absolute Gasteiger partial charge is 0.282 e. The van der Waals surface area contributed by atoms with Gasteiger partial charge in [0.25, 0.3) is 0 Å². The Morgan fingerprint density at radius 3 is 2.00 bits per heavy atom. The lowest BCUT2D eigenvalue weighted by Crippen LogP contribution is -2.28. The van der Waals surface area contributed by atoms with E-state index in [1.54, 1.807) is 0 Å². The maximum atomic E-state index is 4.60. The van der Waals surface area contributed by atoms with E-state index in [0.717, 1.165) is 6.54 Å². The van der Waals surface area contributed by atoms with E-state index in [9.17, 15) is 0 Å². The summed E-state index contributed by atoms with van der Waals surface area (Å²) in [5.74, 6) is 1.20. The van der Waals surface area contributed by atoms with Gasteiger partial charge >= 0.3 is 0 Å². The summed E-state index contributed by atoms with van der Waals surface area (Å²) in [6.45, 7) is 15.3. The van der Waals surface area contributed by atoms with Gasteiger partial charge in [-0.15, -0.1) is 11.8 Å². The van der Waals surface area contributed by atoms with Crippen LogP contribution in [0.15, 0.2) is 4.99 Å². The number of rotatable bonds is 2. The average Bonchev–Trinajstić information content (AvgIpc) is 2.46. The molecule has 0 aliphatic carbocycles. The summed E-state index contributed by atoms with van der Waals surface area (Å²) in [6.07, 6.45) is 1.23.